The molecule has 0 amide bonds. The summed E-state index contributed by atoms with van der Waals surface area (Å²) in [5.41, 5.74) is 10.6. The van der Waals surface area contributed by atoms with E-state index in [0.717, 1.165) is 26.1 Å². The molecule has 0 saturated heterocycles. The Balaban J connectivity index is 1.86. The average molecular weight is 260 g/mol. The van der Waals surface area contributed by atoms with Gasteiger partial charge in [0.15, 0.2) is 0 Å². The Morgan fingerprint density at radius 2 is 2.00 bits per heavy atom. The minimum absolute atomic E-state index is 0.427. The van der Waals surface area contributed by atoms with E-state index in [1.807, 2.05) is 0 Å². The molecule has 0 spiro atoms. The van der Waals surface area contributed by atoms with Crippen molar-refractivity contribution in [1.29, 1.82) is 0 Å². The molecule has 0 aliphatic heterocycles. The zero-order chi connectivity index (χ0) is 13.9. The van der Waals surface area contributed by atoms with Crippen LogP contribution < -0.4 is 5.73 Å². The molecule has 2 nitrogen and oxygen atoms in total. The third kappa shape index (κ3) is 3.58. The molecule has 0 aromatic heterocycles. The van der Waals surface area contributed by atoms with Crippen LogP contribution in [0.15, 0.2) is 18.2 Å². The number of likely N-dealkylation sites (N-methyl/N-ethyl adjacent to an activating group) is 1. The van der Waals surface area contributed by atoms with E-state index in [-0.39, 0.29) is 0 Å². The number of rotatable bonds is 6. The highest BCUT2D eigenvalue weighted by atomic mass is 15.1. The lowest BCUT2D eigenvalue weighted by molar-refractivity contribution is 0.0882. The summed E-state index contributed by atoms with van der Waals surface area (Å²) in [7, 11) is 2.24. The van der Waals surface area contributed by atoms with E-state index < -0.39 is 0 Å². The first-order chi connectivity index (χ1) is 9.04. The lowest BCUT2D eigenvalue weighted by Crippen LogP contribution is -2.46. The van der Waals surface area contributed by atoms with Crippen molar-refractivity contribution >= 4 is 0 Å². The molecule has 0 bridgehead atoms. The predicted molar refractivity (Wildman–Crippen MR) is 82.5 cm³/mol. The Morgan fingerprint density at radius 1 is 1.26 bits per heavy atom. The Kier molecular flexibility index (Phi) is 4.64. The molecule has 0 atom stereocenters. The molecule has 2 rings (SSSR count). The molecule has 0 unspecified atom stereocenters. The molecule has 1 aromatic carbocycles. The van der Waals surface area contributed by atoms with E-state index in [0.29, 0.717) is 5.41 Å². The van der Waals surface area contributed by atoms with Crippen LogP contribution in [-0.2, 0) is 6.42 Å². The third-order valence-corrected chi connectivity index (χ3v) is 4.72. The summed E-state index contributed by atoms with van der Waals surface area (Å²) >= 11 is 0. The van der Waals surface area contributed by atoms with E-state index in [2.05, 4.69) is 44.0 Å². The maximum Gasteiger partial charge on any atom is 0.00471 e. The summed E-state index contributed by atoms with van der Waals surface area (Å²) in [4.78, 5) is 2.47. The van der Waals surface area contributed by atoms with Gasteiger partial charge in [0, 0.05) is 13.1 Å². The second-order valence-electron chi connectivity index (χ2n) is 6.48. The highest BCUT2D eigenvalue weighted by Crippen LogP contribution is 2.40. The van der Waals surface area contributed by atoms with Crippen LogP contribution in [0.4, 0.5) is 0 Å². The van der Waals surface area contributed by atoms with Gasteiger partial charge in [-0.2, -0.15) is 0 Å². The van der Waals surface area contributed by atoms with Gasteiger partial charge in [-0.3, -0.25) is 0 Å². The van der Waals surface area contributed by atoms with Gasteiger partial charge in [0.25, 0.3) is 0 Å². The fraction of sp³-hybridized carbons (Fsp3) is 0.647. The van der Waals surface area contributed by atoms with Crippen LogP contribution in [0.25, 0.3) is 0 Å². The van der Waals surface area contributed by atoms with Gasteiger partial charge in [-0.1, -0.05) is 30.2 Å². The summed E-state index contributed by atoms with van der Waals surface area (Å²) in [5.74, 6) is 0. The number of aryl methyl sites for hydroxylation is 2. The Hall–Kier alpha value is -0.860. The van der Waals surface area contributed by atoms with Crippen molar-refractivity contribution < 1.29 is 0 Å². The molecule has 106 valence electrons. The smallest absolute Gasteiger partial charge is 0.00471 e. The van der Waals surface area contributed by atoms with Crippen molar-refractivity contribution in [2.24, 2.45) is 11.1 Å². The number of nitrogens with zero attached hydrogens (tertiary/aromatic N) is 1. The minimum Gasteiger partial charge on any atom is -0.330 e. The van der Waals surface area contributed by atoms with Crippen molar-refractivity contribution in [2.45, 2.75) is 39.5 Å². The molecular weight excluding hydrogens is 232 g/mol. The SMILES string of the molecule is Cc1ccc(C)c(CCN(C)CC2(CN)CCC2)c1. The lowest BCUT2D eigenvalue weighted by Gasteiger charge is -2.43. The van der Waals surface area contributed by atoms with Crippen molar-refractivity contribution in [3.63, 3.8) is 0 Å². The molecular formula is C17H28N2. The highest BCUT2D eigenvalue weighted by Gasteiger charge is 2.36. The van der Waals surface area contributed by atoms with Crippen LogP contribution >= 0.6 is 0 Å². The normalized spacial score (nSPS) is 17.5. The number of hydrogen-bond donors (Lipinski definition) is 1. The van der Waals surface area contributed by atoms with Gasteiger partial charge in [-0.15, -0.1) is 0 Å². The van der Waals surface area contributed by atoms with Gasteiger partial charge in [0.1, 0.15) is 0 Å². The topological polar surface area (TPSA) is 29.3 Å². The lowest BCUT2D eigenvalue weighted by atomic mass is 9.68. The van der Waals surface area contributed by atoms with Crippen molar-refractivity contribution in [3.8, 4) is 0 Å². The number of benzene rings is 1. The van der Waals surface area contributed by atoms with Crippen molar-refractivity contribution in [1.82, 2.24) is 4.90 Å². The maximum atomic E-state index is 5.94. The maximum absolute atomic E-state index is 5.94. The highest BCUT2D eigenvalue weighted by molar-refractivity contribution is 5.30. The van der Waals surface area contributed by atoms with Gasteiger partial charge in [0.2, 0.25) is 0 Å². The van der Waals surface area contributed by atoms with Crippen molar-refractivity contribution in [2.75, 3.05) is 26.7 Å². The van der Waals surface area contributed by atoms with E-state index in [4.69, 9.17) is 5.73 Å². The van der Waals surface area contributed by atoms with Crippen LogP contribution in [0.5, 0.6) is 0 Å². The molecule has 0 heterocycles. The molecule has 1 aliphatic carbocycles. The van der Waals surface area contributed by atoms with Crippen LogP contribution in [-0.4, -0.2) is 31.6 Å². The Morgan fingerprint density at radius 3 is 2.58 bits per heavy atom. The Labute approximate surface area is 118 Å². The molecule has 19 heavy (non-hydrogen) atoms. The second kappa shape index (κ2) is 6.06. The summed E-state index contributed by atoms with van der Waals surface area (Å²) in [6.45, 7) is 7.52. The summed E-state index contributed by atoms with van der Waals surface area (Å²) in [6, 6.07) is 6.75. The summed E-state index contributed by atoms with van der Waals surface area (Å²) < 4.78 is 0. The predicted octanol–water partition coefficient (Wildman–Crippen LogP) is 2.91. The summed E-state index contributed by atoms with van der Waals surface area (Å²) in [6.07, 6.45) is 5.14. The van der Waals surface area contributed by atoms with Crippen LogP contribution in [0.3, 0.4) is 0 Å². The quantitative estimate of drug-likeness (QED) is 0.852. The van der Waals surface area contributed by atoms with E-state index in [9.17, 15) is 0 Å². The van der Waals surface area contributed by atoms with Gasteiger partial charge in [0.05, 0.1) is 0 Å². The fourth-order valence-corrected chi connectivity index (χ4v) is 3.14. The van der Waals surface area contributed by atoms with Crippen LogP contribution in [0.1, 0.15) is 36.0 Å². The van der Waals surface area contributed by atoms with E-state index in [1.54, 1.807) is 0 Å². The van der Waals surface area contributed by atoms with Crippen molar-refractivity contribution in [3.05, 3.63) is 34.9 Å². The zero-order valence-corrected chi connectivity index (χ0v) is 12.7. The van der Waals surface area contributed by atoms with Gasteiger partial charge in [-0.05, 0) is 63.2 Å². The molecule has 1 aromatic rings. The third-order valence-electron chi connectivity index (χ3n) is 4.72. The molecule has 1 saturated carbocycles. The number of hydrogen-bond acceptors (Lipinski definition) is 2. The van der Waals surface area contributed by atoms with E-state index >= 15 is 0 Å². The Bertz CT molecular complexity index is 416. The van der Waals surface area contributed by atoms with E-state index in [1.165, 1.54) is 36.0 Å². The minimum atomic E-state index is 0.427. The van der Waals surface area contributed by atoms with Gasteiger partial charge in [-0.25, -0.2) is 0 Å². The first-order valence-electron chi connectivity index (χ1n) is 7.49. The monoisotopic (exact) mass is 260 g/mol. The fourth-order valence-electron chi connectivity index (χ4n) is 3.14. The summed E-state index contributed by atoms with van der Waals surface area (Å²) in [5, 5.41) is 0. The first kappa shape index (κ1) is 14.5. The second-order valence-corrected chi connectivity index (χ2v) is 6.48. The molecule has 1 aliphatic rings. The molecule has 1 fully saturated rings. The van der Waals surface area contributed by atoms with Crippen LogP contribution in [0, 0.1) is 19.3 Å². The molecule has 2 N–H and O–H groups in total. The standard InChI is InChI=1S/C17H28N2/c1-14-5-6-15(2)16(11-14)7-10-19(3)13-17(12-18)8-4-9-17/h5-6,11H,4,7-10,12-13,18H2,1-3H3. The first-order valence-corrected chi connectivity index (χ1v) is 7.49. The largest absolute Gasteiger partial charge is 0.330 e. The average Bonchev–Trinajstić information content (AvgIpc) is 2.35. The molecule has 2 heteroatoms. The van der Waals surface area contributed by atoms with Crippen LogP contribution in [0.2, 0.25) is 0 Å². The van der Waals surface area contributed by atoms with Gasteiger partial charge >= 0.3 is 0 Å². The van der Waals surface area contributed by atoms with Gasteiger partial charge < -0.3 is 10.6 Å². The zero-order valence-electron chi connectivity index (χ0n) is 12.7. The molecule has 0 radical (unpaired) electrons. The number of nitrogens with two attached hydrogens (primary N) is 1.